The van der Waals surface area contributed by atoms with Crippen LogP contribution in [-0.2, 0) is 4.79 Å². The van der Waals surface area contributed by atoms with Gasteiger partial charge in [0, 0.05) is 18.5 Å². The van der Waals surface area contributed by atoms with Gasteiger partial charge in [0.15, 0.2) is 0 Å². The van der Waals surface area contributed by atoms with Crippen LogP contribution in [0.1, 0.15) is 53.5 Å². The first kappa shape index (κ1) is 18.3. The fourth-order valence-corrected chi connectivity index (χ4v) is 4.54. The van der Waals surface area contributed by atoms with Crippen molar-refractivity contribution in [1.82, 2.24) is 20.4 Å². The minimum atomic E-state index is -0.136. The van der Waals surface area contributed by atoms with Crippen molar-refractivity contribution in [3.8, 4) is 0 Å². The van der Waals surface area contributed by atoms with E-state index in [9.17, 15) is 9.59 Å². The van der Waals surface area contributed by atoms with Crippen molar-refractivity contribution < 1.29 is 9.59 Å². The quantitative estimate of drug-likeness (QED) is 0.533. The lowest BCUT2D eigenvalue weighted by Crippen LogP contribution is -2.34. The van der Waals surface area contributed by atoms with Crippen LogP contribution in [0.4, 0.5) is 0 Å². The van der Waals surface area contributed by atoms with E-state index in [4.69, 9.17) is 5.10 Å². The number of nitrogens with one attached hydrogen (secondary N) is 2. The third-order valence-electron chi connectivity index (χ3n) is 4.59. The van der Waals surface area contributed by atoms with Crippen LogP contribution >= 0.6 is 24.0 Å². The van der Waals surface area contributed by atoms with E-state index in [1.807, 2.05) is 13.0 Å². The van der Waals surface area contributed by atoms with Gasteiger partial charge in [0.2, 0.25) is 5.91 Å². The highest BCUT2D eigenvalue weighted by Crippen LogP contribution is 2.35. The van der Waals surface area contributed by atoms with Crippen molar-refractivity contribution in [2.45, 2.75) is 45.1 Å². The Balaban J connectivity index is 1.68. The highest BCUT2D eigenvalue weighted by molar-refractivity contribution is 7.81. The van der Waals surface area contributed by atoms with E-state index < -0.39 is 0 Å². The number of fused-ring (bicyclic) bond motifs is 1. The predicted octanol–water partition coefficient (Wildman–Crippen LogP) is 2.69. The summed E-state index contributed by atoms with van der Waals surface area (Å²) in [6.45, 7) is 2.81. The summed E-state index contributed by atoms with van der Waals surface area (Å²) in [4.78, 5) is 25.3. The SMILES string of the molecule is Cc1nn(C2CCCCC2)c2sc(C(=O)NCCNC(=O)CS)cc12. The molecule has 1 aliphatic carbocycles. The number of rotatable bonds is 6. The number of thiol groups is 1. The molecule has 1 saturated carbocycles. The van der Waals surface area contributed by atoms with Gasteiger partial charge >= 0.3 is 0 Å². The van der Waals surface area contributed by atoms with Crippen molar-refractivity contribution in [2.24, 2.45) is 0 Å². The Labute approximate surface area is 156 Å². The topological polar surface area (TPSA) is 76.0 Å². The van der Waals surface area contributed by atoms with Crippen LogP contribution in [0.25, 0.3) is 10.2 Å². The molecule has 2 amide bonds. The van der Waals surface area contributed by atoms with Gasteiger partial charge in [-0.3, -0.25) is 14.3 Å². The maximum atomic E-state index is 12.4. The van der Waals surface area contributed by atoms with E-state index >= 15 is 0 Å². The van der Waals surface area contributed by atoms with Gasteiger partial charge < -0.3 is 10.6 Å². The van der Waals surface area contributed by atoms with Crippen molar-refractivity contribution in [3.63, 3.8) is 0 Å². The molecule has 8 heteroatoms. The Kier molecular flexibility index (Phi) is 6.01. The first-order chi connectivity index (χ1) is 12.1. The van der Waals surface area contributed by atoms with Gasteiger partial charge in [-0.1, -0.05) is 19.3 Å². The molecule has 0 spiro atoms. The zero-order valence-electron chi connectivity index (χ0n) is 14.4. The summed E-state index contributed by atoms with van der Waals surface area (Å²) in [7, 11) is 0. The number of amides is 2. The van der Waals surface area contributed by atoms with Gasteiger partial charge in [0.25, 0.3) is 5.91 Å². The first-order valence-electron chi connectivity index (χ1n) is 8.74. The van der Waals surface area contributed by atoms with Crippen LogP contribution in [0.15, 0.2) is 6.07 Å². The molecule has 0 aliphatic heterocycles. The maximum absolute atomic E-state index is 12.4. The number of aromatic nitrogens is 2. The molecular weight excluding hydrogens is 356 g/mol. The number of hydrogen-bond acceptors (Lipinski definition) is 5. The highest BCUT2D eigenvalue weighted by Gasteiger charge is 2.22. The molecule has 0 unspecified atom stereocenters. The minimum Gasteiger partial charge on any atom is -0.354 e. The van der Waals surface area contributed by atoms with Gasteiger partial charge in [0.1, 0.15) is 4.83 Å². The number of carbonyl (C=O) groups is 2. The number of thiophene rings is 1. The lowest BCUT2D eigenvalue weighted by atomic mass is 9.96. The molecule has 136 valence electrons. The van der Waals surface area contributed by atoms with E-state index in [1.165, 1.54) is 43.4 Å². The minimum absolute atomic E-state index is 0.101. The summed E-state index contributed by atoms with van der Waals surface area (Å²) in [6.07, 6.45) is 6.15. The van der Waals surface area contributed by atoms with Gasteiger partial charge in [-0.15, -0.1) is 11.3 Å². The standard InChI is InChI=1S/C17H24N4O2S2/c1-11-13-9-14(16(23)19-8-7-18-15(22)10-24)25-17(13)21(20-11)12-5-3-2-4-6-12/h9,12,24H,2-8,10H2,1H3,(H,18,22)(H,19,23). The van der Waals surface area contributed by atoms with Crippen LogP contribution in [-0.4, -0.2) is 40.4 Å². The average Bonchev–Trinajstić information content (AvgIpc) is 3.20. The number of nitrogens with zero attached hydrogens (tertiary/aromatic N) is 2. The summed E-state index contributed by atoms with van der Waals surface area (Å²) < 4.78 is 2.14. The van der Waals surface area contributed by atoms with Gasteiger partial charge in [-0.25, -0.2) is 0 Å². The van der Waals surface area contributed by atoms with Crippen LogP contribution in [0.3, 0.4) is 0 Å². The summed E-state index contributed by atoms with van der Waals surface area (Å²) in [5.74, 6) is -0.0835. The third kappa shape index (κ3) is 4.17. The number of aryl methyl sites for hydroxylation is 1. The largest absolute Gasteiger partial charge is 0.354 e. The van der Waals surface area contributed by atoms with Crippen molar-refractivity contribution in [2.75, 3.05) is 18.8 Å². The number of hydrogen-bond donors (Lipinski definition) is 3. The van der Waals surface area contributed by atoms with Crippen molar-refractivity contribution >= 4 is 46.0 Å². The molecule has 0 bridgehead atoms. The molecule has 0 radical (unpaired) electrons. The zero-order valence-corrected chi connectivity index (χ0v) is 16.1. The Bertz CT molecular complexity index is 762. The lowest BCUT2D eigenvalue weighted by Gasteiger charge is -2.22. The fraction of sp³-hybridized carbons (Fsp3) is 0.588. The van der Waals surface area contributed by atoms with Gasteiger partial charge in [-0.05, 0) is 25.8 Å². The Hall–Kier alpha value is -1.54. The normalized spacial score (nSPS) is 15.4. The molecule has 6 nitrogen and oxygen atoms in total. The van der Waals surface area contributed by atoms with Crippen LogP contribution in [0, 0.1) is 6.92 Å². The molecule has 0 saturated heterocycles. The highest BCUT2D eigenvalue weighted by atomic mass is 32.1. The maximum Gasteiger partial charge on any atom is 0.261 e. The fourth-order valence-electron chi connectivity index (χ4n) is 3.28. The molecule has 0 aromatic carbocycles. The third-order valence-corrected chi connectivity index (χ3v) is 6.00. The van der Waals surface area contributed by atoms with Crippen LogP contribution in [0.2, 0.25) is 0 Å². The Morgan fingerprint density at radius 2 is 2.00 bits per heavy atom. The van der Waals surface area contributed by atoms with E-state index in [-0.39, 0.29) is 17.6 Å². The molecular formula is C17H24N4O2S2. The summed E-state index contributed by atoms with van der Waals surface area (Å²) >= 11 is 5.40. The molecule has 2 heterocycles. The second-order valence-electron chi connectivity index (χ2n) is 6.42. The molecule has 25 heavy (non-hydrogen) atoms. The Morgan fingerprint density at radius 1 is 1.28 bits per heavy atom. The van der Waals surface area contributed by atoms with E-state index in [1.54, 1.807) is 0 Å². The van der Waals surface area contributed by atoms with E-state index in [2.05, 4.69) is 27.9 Å². The van der Waals surface area contributed by atoms with Gasteiger partial charge in [-0.2, -0.15) is 17.7 Å². The monoisotopic (exact) mass is 380 g/mol. The molecule has 0 atom stereocenters. The van der Waals surface area contributed by atoms with Crippen LogP contribution in [0.5, 0.6) is 0 Å². The summed E-state index contributed by atoms with van der Waals surface area (Å²) in [5, 5.41) is 11.3. The summed E-state index contributed by atoms with van der Waals surface area (Å²) in [5.41, 5.74) is 0.983. The lowest BCUT2D eigenvalue weighted by molar-refractivity contribution is -0.118. The first-order valence-corrected chi connectivity index (χ1v) is 10.2. The molecule has 1 fully saturated rings. The summed E-state index contributed by atoms with van der Waals surface area (Å²) in [6, 6.07) is 2.39. The van der Waals surface area contributed by atoms with Gasteiger partial charge in [0.05, 0.1) is 22.4 Å². The molecule has 1 aliphatic rings. The van der Waals surface area contributed by atoms with E-state index in [0.717, 1.165) is 15.9 Å². The molecule has 2 aromatic heterocycles. The predicted molar refractivity (Wildman–Crippen MR) is 104 cm³/mol. The van der Waals surface area contributed by atoms with E-state index in [0.29, 0.717) is 24.0 Å². The van der Waals surface area contributed by atoms with Crippen molar-refractivity contribution in [3.05, 3.63) is 16.6 Å². The number of carbonyl (C=O) groups excluding carboxylic acids is 2. The second kappa shape index (κ2) is 8.23. The molecule has 3 rings (SSSR count). The molecule has 2 N–H and O–H groups in total. The second-order valence-corrected chi connectivity index (χ2v) is 7.76. The zero-order chi connectivity index (χ0) is 17.8. The smallest absolute Gasteiger partial charge is 0.261 e. The average molecular weight is 381 g/mol. The molecule has 2 aromatic rings. The van der Waals surface area contributed by atoms with Crippen molar-refractivity contribution in [1.29, 1.82) is 0 Å². The van der Waals surface area contributed by atoms with Crippen LogP contribution < -0.4 is 10.6 Å². The Morgan fingerprint density at radius 3 is 2.72 bits per heavy atom.